The summed E-state index contributed by atoms with van der Waals surface area (Å²) in [7, 11) is 0. The number of anilines is 2. The van der Waals surface area contributed by atoms with E-state index in [2.05, 4.69) is 0 Å². The van der Waals surface area contributed by atoms with E-state index in [1.54, 1.807) is 0 Å². The molecular weight excluding hydrogens is 294 g/mol. The normalized spacial score (nSPS) is 12.3. The maximum atomic E-state index is 12.3. The largest absolute Gasteiger partial charge is 0.454 e. The van der Waals surface area contributed by atoms with Gasteiger partial charge in [-0.15, -0.1) is 0 Å². The van der Waals surface area contributed by atoms with E-state index < -0.39 is 46.4 Å². The zero-order valence-corrected chi connectivity index (χ0v) is 9.39. The monoisotopic (exact) mass is 300 g/mol. The molecular formula is C10H6F6N2O2. The fourth-order valence-corrected chi connectivity index (χ4v) is 1.36. The van der Waals surface area contributed by atoms with Crippen molar-refractivity contribution in [1.82, 2.24) is 0 Å². The molecule has 0 fully saturated rings. The molecule has 1 aromatic rings. The zero-order chi connectivity index (χ0) is 15.9. The van der Waals surface area contributed by atoms with E-state index in [1.807, 2.05) is 0 Å². The number of carbonyl (C=O) groups excluding carboxylic acids is 2. The first-order valence-corrected chi connectivity index (χ1v) is 4.78. The van der Waals surface area contributed by atoms with Gasteiger partial charge >= 0.3 is 12.4 Å². The van der Waals surface area contributed by atoms with Crippen molar-refractivity contribution in [3.8, 4) is 0 Å². The van der Waals surface area contributed by atoms with Gasteiger partial charge in [-0.05, 0) is 12.1 Å². The van der Waals surface area contributed by atoms with Crippen LogP contribution < -0.4 is 11.5 Å². The summed E-state index contributed by atoms with van der Waals surface area (Å²) in [6, 6.07) is 1.09. The minimum Gasteiger partial charge on any atom is -0.397 e. The lowest BCUT2D eigenvalue weighted by atomic mass is 9.96. The van der Waals surface area contributed by atoms with Crippen molar-refractivity contribution in [2.45, 2.75) is 12.4 Å². The Kier molecular flexibility index (Phi) is 3.70. The standard InChI is InChI=1S/C10H6F6N2O2/c11-9(12,13)7(19)3-1-2-4(17)6(18)5(3)8(20)10(14,15)16/h1-2H,17-18H2. The predicted molar refractivity (Wildman–Crippen MR) is 56.0 cm³/mol. The second kappa shape index (κ2) is 4.69. The Bertz CT molecular complexity index is 576. The Hall–Kier alpha value is -2.26. The highest BCUT2D eigenvalue weighted by Crippen LogP contribution is 2.33. The summed E-state index contributed by atoms with van der Waals surface area (Å²) < 4.78 is 73.9. The van der Waals surface area contributed by atoms with Crippen LogP contribution in [0.1, 0.15) is 20.7 Å². The van der Waals surface area contributed by atoms with E-state index in [4.69, 9.17) is 11.5 Å². The van der Waals surface area contributed by atoms with Crippen LogP contribution in [0.3, 0.4) is 0 Å². The van der Waals surface area contributed by atoms with Crippen LogP contribution in [-0.4, -0.2) is 23.9 Å². The van der Waals surface area contributed by atoms with Gasteiger partial charge < -0.3 is 11.5 Å². The first-order chi connectivity index (χ1) is 8.87. The van der Waals surface area contributed by atoms with Gasteiger partial charge in [0.05, 0.1) is 16.9 Å². The van der Waals surface area contributed by atoms with Crippen molar-refractivity contribution < 1.29 is 35.9 Å². The summed E-state index contributed by atoms with van der Waals surface area (Å²) >= 11 is 0. The maximum absolute atomic E-state index is 12.3. The molecule has 0 heterocycles. The van der Waals surface area contributed by atoms with Crippen LogP contribution in [0.25, 0.3) is 0 Å². The second-order valence-electron chi connectivity index (χ2n) is 3.64. The third kappa shape index (κ3) is 2.83. The number of benzene rings is 1. The number of rotatable bonds is 2. The first-order valence-electron chi connectivity index (χ1n) is 4.78. The molecule has 0 saturated heterocycles. The fraction of sp³-hybridized carbons (Fsp3) is 0.200. The van der Waals surface area contributed by atoms with Crippen LogP contribution in [-0.2, 0) is 0 Å². The Morgan fingerprint density at radius 1 is 0.850 bits per heavy atom. The van der Waals surface area contributed by atoms with Crippen molar-refractivity contribution in [3.63, 3.8) is 0 Å². The molecule has 0 spiro atoms. The molecule has 0 aliphatic heterocycles. The van der Waals surface area contributed by atoms with Crippen molar-refractivity contribution in [2.75, 3.05) is 11.5 Å². The van der Waals surface area contributed by atoms with Gasteiger partial charge in [0.1, 0.15) is 0 Å². The van der Waals surface area contributed by atoms with Crippen LogP contribution in [0, 0.1) is 0 Å². The molecule has 10 heteroatoms. The Morgan fingerprint density at radius 2 is 1.30 bits per heavy atom. The highest BCUT2D eigenvalue weighted by molar-refractivity contribution is 6.16. The molecule has 4 nitrogen and oxygen atoms in total. The molecule has 4 N–H and O–H groups in total. The minimum absolute atomic E-state index is 0.375. The van der Waals surface area contributed by atoms with Gasteiger partial charge in [0.2, 0.25) is 0 Å². The summed E-state index contributed by atoms with van der Waals surface area (Å²) in [5.41, 5.74) is 5.58. The molecule has 1 aromatic carbocycles. The van der Waals surface area contributed by atoms with Crippen LogP contribution in [0.15, 0.2) is 12.1 Å². The topological polar surface area (TPSA) is 86.2 Å². The number of nitrogens with two attached hydrogens (primary N) is 2. The lowest BCUT2D eigenvalue weighted by Crippen LogP contribution is -2.30. The van der Waals surface area contributed by atoms with Crippen LogP contribution >= 0.6 is 0 Å². The van der Waals surface area contributed by atoms with Crippen molar-refractivity contribution in [3.05, 3.63) is 23.3 Å². The molecule has 0 aliphatic rings. The molecule has 0 aliphatic carbocycles. The summed E-state index contributed by atoms with van der Waals surface area (Å²) in [5.74, 6) is -5.29. The Labute approximate surface area is 107 Å². The van der Waals surface area contributed by atoms with Gasteiger partial charge in [-0.3, -0.25) is 9.59 Å². The number of alkyl halides is 6. The molecule has 0 unspecified atom stereocenters. The average Bonchev–Trinajstić information content (AvgIpc) is 2.28. The predicted octanol–water partition coefficient (Wildman–Crippen LogP) is 2.34. The van der Waals surface area contributed by atoms with Gasteiger partial charge in [0.25, 0.3) is 11.6 Å². The third-order valence-electron chi connectivity index (χ3n) is 2.27. The molecule has 0 atom stereocenters. The molecule has 110 valence electrons. The van der Waals surface area contributed by atoms with Gasteiger partial charge in [0, 0.05) is 5.56 Å². The molecule has 0 aromatic heterocycles. The van der Waals surface area contributed by atoms with Gasteiger partial charge in [0.15, 0.2) is 0 Å². The quantitative estimate of drug-likeness (QED) is 0.498. The van der Waals surface area contributed by atoms with Crippen molar-refractivity contribution >= 4 is 22.9 Å². The van der Waals surface area contributed by atoms with Crippen molar-refractivity contribution in [2.24, 2.45) is 0 Å². The van der Waals surface area contributed by atoms with Gasteiger partial charge in [-0.2, -0.15) is 26.3 Å². The Morgan fingerprint density at radius 3 is 1.70 bits per heavy atom. The summed E-state index contributed by atoms with van der Waals surface area (Å²) in [4.78, 5) is 22.2. The molecule has 20 heavy (non-hydrogen) atoms. The number of Topliss-reactive ketones (excluding diaryl/α,β-unsaturated/α-hetero) is 2. The zero-order valence-electron chi connectivity index (χ0n) is 9.39. The molecule has 0 amide bonds. The third-order valence-corrected chi connectivity index (χ3v) is 2.27. The van der Waals surface area contributed by atoms with Gasteiger partial charge in [-0.25, -0.2) is 0 Å². The number of halogens is 6. The lowest BCUT2D eigenvalue weighted by Gasteiger charge is -2.15. The summed E-state index contributed by atoms with van der Waals surface area (Å²) in [5, 5.41) is 0. The number of ketones is 2. The minimum atomic E-state index is -5.50. The van der Waals surface area contributed by atoms with Crippen LogP contribution in [0.5, 0.6) is 0 Å². The molecule has 0 radical (unpaired) electrons. The van der Waals surface area contributed by atoms with E-state index in [1.165, 1.54) is 0 Å². The van der Waals surface area contributed by atoms with E-state index in [0.717, 1.165) is 0 Å². The lowest BCUT2D eigenvalue weighted by molar-refractivity contribution is -0.0907. The van der Waals surface area contributed by atoms with E-state index in [9.17, 15) is 35.9 Å². The van der Waals surface area contributed by atoms with Gasteiger partial charge in [-0.1, -0.05) is 0 Å². The highest BCUT2D eigenvalue weighted by Gasteiger charge is 2.46. The summed E-state index contributed by atoms with van der Waals surface area (Å²) in [6.45, 7) is 0. The SMILES string of the molecule is Nc1ccc(C(=O)C(F)(F)F)c(C(=O)C(F)(F)F)c1N. The van der Waals surface area contributed by atoms with Crippen LogP contribution in [0.4, 0.5) is 37.7 Å². The second-order valence-corrected chi connectivity index (χ2v) is 3.64. The van der Waals surface area contributed by atoms with E-state index in [-0.39, 0.29) is 0 Å². The number of carbonyl (C=O) groups is 2. The molecule has 0 bridgehead atoms. The van der Waals surface area contributed by atoms with Crippen LogP contribution in [0.2, 0.25) is 0 Å². The smallest absolute Gasteiger partial charge is 0.397 e. The maximum Gasteiger partial charge on any atom is 0.454 e. The molecule has 0 saturated carbocycles. The number of hydrogen-bond donors (Lipinski definition) is 2. The van der Waals surface area contributed by atoms with E-state index >= 15 is 0 Å². The number of nitrogen functional groups attached to an aromatic ring is 2. The number of hydrogen-bond acceptors (Lipinski definition) is 4. The fourth-order valence-electron chi connectivity index (χ4n) is 1.36. The first kappa shape index (κ1) is 15.8. The average molecular weight is 300 g/mol. The Balaban J connectivity index is 3.60. The highest BCUT2D eigenvalue weighted by atomic mass is 19.4. The van der Waals surface area contributed by atoms with E-state index in [0.29, 0.717) is 12.1 Å². The van der Waals surface area contributed by atoms with Crippen molar-refractivity contribution in [1.29, 1.82) is 0 Å². The molecule has 1 rings (SSSR count). The summed E-state index contributed by atoms with van der Waals surface area (Å²) in [6.07, 6.45) is -11.0.